The second kappa shape index (κ2) is 6.77. The molecule has 1 N–H and O–H groups in total. The molecule has 1 aromatic carbocycles. The Kier molecular flexibility index (Phi) is 4.43. The van der Waals surface area contributed by atoms with Gasteiger partial charge in [-0.3, -0.25) is 19.3 Å². The summed E-state index contributed by atoms with van der Waals surface area (Å²) in [5, 5.41) is 3.16. The lowest BCUT2D eigenvalue weighted by atomic mass is 9.85. The third-order valence-electron chi connectivity index (χ3n) is 5.13. The van der Waals surface area contributed by atoms with E-state index < -0.39 is 11.9 Å². The van der Waals surface area contributed by atoms with E-state index in [1.807, 2.05) is 24.3 Å². The van der Waals surface area contributed by atoms with Crippen molar-refractivity contribution >= 4 is 44.4 Å². The van der Waals surface area contributed by atoms with Crippen LogP contribution in [0.3, 0.4) is 0 Å². The molecule has 140 valence electrons. The highest BCUT2D eigenvalue weighted by molar-refractivity contribution is 7.22. The molecule has 2 heterocycles. The number of hydrogen-bond donors (Lipinski definition) is 1. The van der Waals surface area contributed by atoms with E-state index in [4.69, 9.17) is 4.74 Å². The van der Waals surface area contributed by atoms with Crippen LogP contribution in [0.15, 0.2) is 30.4 Å². The Balaban J connectivity index is 1.51. The molecule has 2 aliphatic rings. The highest BCUT2D eigenvalue weighted by Gasteiger charge is 2.50. The zero-order chi connectivity index (χ0) is 19.1. The number of thiazole rings is 1. The van der Waals surface area contributed by atoms with Crippen LogP contribution in [0.25, 0.3) is 10.2 Å². The van der Waals surface area contributed by atoms with Crippen molar-refractivity contribution in [3.05, 3.63) is 30.4 Å². The average molecular weight is 385 g/mol. The first-order valence-electron chi connectivity index (χ1n) is 8.77. The summed E-state index contributed by atoms with van der Waals surface area (Å²) in [6, 6.07) is 4.58. The highest BCUT2D eigenvalue weighted by atomic mass is 32.1. The van der Waals surface area contributed by atoms with E-state index in [1.165, 1.54) is 11.3 Å². The first-order valence-corrected chi connectivity index (χ1v) is 9.58. The highest BCUT2D eigenvalue weighted by Crippen LogP contribution is 2.36. The number of nitrogens with zero attached hydrogens (tertiary/aromatic N) is 2. The fraction of sp³-hybridized carbons (Fsp3) is 0.368. The molecule has 0 spiro atoms. The summed E-state index contributed by atoms with van der Waals surface area (Å²) in [6.45, 7) is 1.58. The largest absolute Gasteiger partial charge is 0.497 e. The van der Waals surface area contributed by atoms with Gasteiger partial charge in [-0.05, 0) is 38.0 Å². The fourth-order valence-corrected chi connectivity index (χ4v) is 4.52. The Bertz CT molecular complexity index is 941. The number of rotatable bonds is 4. The number of methoxy groups -OCH3 is 1. The van der Waals surface area contributed by atoms with Crippen molar-refractivity contribution in [2.45, 2.75) is 25.8 Å². The van der Waals surface area contributed by atoms with Gasteiger partial charge in [0.05, 0.1) is 29.2 Å². The molecule has 1 fully saturated rings. The Morgan fingerprint density at radius 2 is 1.93 bits per heavy atom. The van der Waals surface area contributed by atoms with Gasteiger partial charge in [-0.1, -0.05) is 23.5 Å². The molecule has 4 rings (SSSR count). The van der Waals surface area contributed by atoms with E-state index in [1.54, 1.807) is 20.1 Å². The van der Waals surface area contributed by atoms with Crippen LogP contribution in [0.2, 0.25) is 0 Å². The number of carbonyl (C=O) groups excluding carboxylic acids is 3. The van der Waals surface area contributed by atoms with E-state index in [0.29, 0.717) is 23.7 Å². The Morgan fingerprint density at radius 1 is 1.26 bits per heavy atom. The zero-order valence-corrected chi connectivity index (χ0v) is 15.8. The normalized spacial score (nSPS) is 22.8. The number of likely N-dealkylation sites (tertiary alicyclic amines) is 1. The Hall–Kier alpha value is -2.74. The van der Waals surface area contributed by atoms with E-state index in [0.717, 1.165) is 15.1 Å². The van der Waals surface area contributed by atoms with Gasteiger partial charge in [0, 0.05) is 0 Å². The summed E-state index contributed by atoms with van der Waals surface area (Å²) < 4.78 is 6.07. The summed E-state index contributed by atoms with van der Waals surface area (Å²) in [7, 11) is 1.59. The van der Waals surface area contributed by atoms with Gasteiger partial charge >= 0.3 is 0 Å². The van der Waals surface area contributed by atoms with Crippen molar-refractivity contribution in [1.82, 2.24) is 9.88 Å². The van der Waals surface area contributed by atoms with Gasteiger partial charge in [-0.25, -0.2) is 4.98 Å². The number of imide groups is 1. The quantitative estimate of drug-likeness (QED) is 0.646. The number of amides is 3. The lowest BCUT2D eigenvalue weighted by Gasteiger charge is -2.21. The maximum Gasteiger partial charge on any atom is 0.249 e. The topological polar surface area (TPSA) is 88.6 Å². The van der Waals surface area contributed by atoms with Gasteiger partial charge in [0.25, 0.3) is 0 Å². The van der Waals surface area contributed by atoms with Crippen molar-refractivity contribution in [1.29, 1.82) is 0 Å². The summed E-state index contributed by atoms with van der Waals surface area (Å²) in [6.07, 6.45) is 4.96. The van der Waals surface area contributed by atoms with Gasteiger partial charge in [0.1, 0.15) is 11.8 Å². The van der Waals surface area contributed by atoms with Crippen LogP contribution in [-0.4, -0.2) is 40.8 Å². The second-order valence-corrected chi connectivity index (χ2v) is 7.75. The smallest absolute Gasteiger partial charge is 0.249 e. The SMILES string of the molecule is COc1ccc2nc(NC(=O)C(C)N3C(=O)C4CC=CCC4C3=O)sc2c1. The van der Waals surface area contributed by atoms with Crippen LogP contribution in [-0.2, 0) is 14.4 Å². The Morgan fingerprint density at radius 3 is 2.56 bits per heavy atom. The van der Waals surface area contributed by atoms with E-state index in [9.17, 15) is 14.4 Å². The average Bonchev–Trinajstić information content (AvgIpc) is 3.19. The van der Waals surface area contributed by atoms with Crippen LogP contribution >= 0.6 is 11.3 Å². The Labute approximate surface area is 160 Å². The molecule has 3 atom stereocenters. The van der Waals surface area contributed by atoms with Crippen molar-refractivity contribution in [3.63, 3.8) is 0 Å². The third kappa shape index (κ3) is 2.99. The number of anilines is 1. The number of aromatic nitrogens is 1. The summed E-state index contributed by atoms with van der Waals surface area (Å²) in [5.41, 5.74) is 0.745. The van der Waals surface area contributed by atoms with Crippen LogP contribution in [0.1, 0.15) is 19.8 Å². The van der Waals surface area contributed by atoms with Crippen molar-refractivity contribution < 1.29 is 19.1 Å². The molecule has 7 nitrogen and oxygen atoms in total. The molecule has 0 bridgehead atoms. The van der Waals surface area contributed by atoms with Crippen LogP contribution in [0.5, 0.6) is 5.75 Å². The van der Waals surface area contributed by atoms with Crippen LogP contribution in [0.4, 0.5) is 5.13 Å². The van der Waals surface area contributed by atoms with Crippen LogP contribution < -0.4 is 10.1 Å². The molecule has 1 aliphatic heterocycles. The van der Waals surface area contributed by atoms with Gasteiger partial charge in [0.15, 0.2) is 5.13 Å². The summed E-state index contributed by atoms with van der Waals surface area (Å²) in [4.78, 5) is 43.4. The maximum absolute atomic E-state index is 12.7. The van der Waals surface area contributed by atoms with Crippen LogP contribution in [0, 0.1) is 11.8 Å². The monoisotopic (exact) mass is 385 g/mol. The number of fused-ring (bicyclic) bond motifs is 2. The molecule has 8 heteroatoms. The minimum Gasteiger partial charge on any atom is -0.497 e. The van der Waals surface area contributed by atoms with Gasteiger partial charge in [-0.2, -0.15) is 0 Å². The lowest BCUT2D eigenvalue weighted by Crippen LogP contribution is -2.46. The molecule has 2 aromatic rings. The predicted octanol–water partition coefficient (Wildman–Crippen LogP) is 2.58. The maximum atomic E-state index is 12.7. The fourth-order valence-electron chi connectivity index (χ4n) is 3.62. The summed E-state index contributed by atoms with van der Waals surface area (Å²) in [5.74, 6) is -0.909. The number of carbonyl (C=O) groups is 3. The number of nitrogens with one attached hydrogen (secondary N) is 1. The molecule has 3 amide bonds. The van der Waals surface area contributed by atoms with Crippen molar-refractivity contribution in [3.8, 4) is 5.75 Å². The molecule has 1 aliphatic carbocycles. The first-order chi connectivity index (χ1) is 13.0. The van der Waals surface area contributed by atoms with Crippen molar-refractivity contribution in [2.24, 2.45) is 11.8 Å². The number of allylic oxidation sites excluding steroid dienone is 2. The summed E-state index contributed by atoms with van der Waals surface area (Å²) >= 11 is 1.32. The zero-order valence-electron chi connectivity index (χ0n) is 15.0. The van der Waals surface area contributed by atoms with E-state index >= 15 is 0 Å². The lowest BCUT2D eigenvalue weighted by molar-refractivity contribution is -0.146. The van der Waals surface area contributed by atoms with Gasteiger partial charge in [0.2, 0.25) is 17.7 Å². The second-order valence-electron chi connectivity index (χ2n) is 6.72. The number of hydrogen-bond acceptors (Lipinski definition) is 6. The van der Waals surface area contributed by atoms with Gasteiger partial charge < -0.3 is 10.1 Å². The van der Waals surface area contributed by atoms with Gasteiger partial charge in [-0.15, -0.1) is 0 Å². The minimum atomic E-state index is -0.878. The molecule has 0 saturated carbocycles. The molecule has 3 unspecified atom stereocenters. The minimum absolute atomic E-state index is 0.258. The molecule has 1 saturated heterocycles. The van der Waals surface area contributed by atoms with Crippen molar-refractivity contribution in [2.75, 3.05) is 12.4 Å². The van der Waals surface area contributed by atoms with E-state index in [-0.39, 0.29) is 23.7 Å². The molecular formula is C19H19N3O4S. The number of ether oxygens (including phenoxy) is 1. The predicted molar refractivity (Wildman–Crippen MR) is 101 cm³/mol. The number of benzene rings is 1. The molecule has 27 heavy (non-hydrogen) atoms. The first kappa shape index (κ1) is 17.7. The van der Waals surface area contributed by atoms with E-state index in [2.05, 4.69) is 10.3 Å². The molecular weight excluding hydrogens is 366 g/mol. The molecule has 1 aromatic heterocycles. The standard InChI is InChI=1S/C19H19N3O4S/c1-10(22-17(24)12-5-3-4-6-13(12)18(22)25)16(23)21-19-20-14-8-7-11(26-2)9-15(14)27-19/h3-4,7-10,12-13H,5-6H2,1-2H3,(H,20,21,23). The third-order valence-corrected chi connectivity index (χ3v) is 6.07. The molecule has 0 radical (unpaired) electrons.